The molecule has 3 aliphatic rings. The van der Waals surface area contributed by atoms with Gasteiger partial charge in [-0.05, 0) is 99.2 Å². The summed E-state index contributed by atoms with van der Waals surface area (Å²) in [5, 5.41) is 1.90. The minimum absolute atomic E-state index is 0.0384. The van der Waals surface area contributed by atoms with E-state index in [0.29, 0.717) is 33.8 Å². The first-order valence-electron chi connectivity index (χ1n) is 17.4. The fourth-order valence-electron chi connectivity index (χ4n) is 7.56. The average Bonchev–Trinajstić information content (AvgIpc) is 3.89. The maximum absolute atomic E-state index is 14.1. The number of esters is 2. The Morgan fingerprint density at radius 2 is 1.48 bits per heavy atom. The number of thioether (sulfide) groups is 1. The molecule has 6 nitrogen and oxygen atoms in total. The van der Waals surface area contributed by atoms with Crippen LogP contribution in [-0.2, 0) is 30.3 Å². The van der Waals surface area contributed by atoms with Crippen molar-refractivity contribution in [1.29, 1.82) is 0 Å². The first kappa shape index (κ1) is 34.2. The van der Waals surface area contributed by atoms with Gasteiger partial charge in [-0.1, -0.05) is 67.2 Å². The Morgan fingerprint density at radius 1 is 0.808 bits per heavy atom. The molecule has 0 bridgehead atoms. The fourth-order valence-corrected chi connectivity index (χ4v) is 9.93. The maximum atomic E-state index is 14.1. The van der Waals surface area contributed by atoms with Crippen LogP contribution < -0.4 is 4.74 Å². The van der Waals surface area contributed by atoms with Gasteiger partial charge in [0.15, 0.2) is 17.0 Å². The number of ketones is 1. The van der Waals surface area contributed by atoms with E-state index in [-0.39, 0.29) is 22.6 Å². The lowest BCUT2D eigenvalue weighted by atomic mass is 9.72. The van der Waals surface area contributed by atoms with Crippen molar-refractivity contribution >= 4 is 40.8 Å². The van der Waals surface area contributed by atoms with Crippen LogP contribution in [0.5, 0.6) is 11.5 Å². The van der Waals surface area contributed by atoms with Gasteiger partial charge in [-0.3, -0.25) is 9.59 Å². The zero-order valence-corrected chi connectivity index (χ0v) is 31.1. The molecule has 0 N–H and O–H groups in total. The lowest BCUT2D eigenvalue weighted by molar-refractivity contribution is -0.167. The molecule has 262 valence electrons. The number of thiophene rings is 1. The standard InChI is InChI=1S/C44H38O6S2/c1-26(2)40(46)49-43(37-16-10-22-51-37)31-13-7-6-12-29(31)39(45)30-20-18-27(24-33(30)43)28-19-21-36-34(25-28)44(38-17-11-23-52-38,50-41(47)42(3,4)5)32-14-8-9-15-35(32)48-36/h6-10,12-16,18-22,24-25,38H,1,11,17,23H2,2-5H3. The van der Waals surface area contributed by atoms with Gasteiger partial charge in [-0.15, -0.1) is 11.3 Å². The van der Waals surface area contributed by atoms with Gasteiger partial charge in [0.1, 0.15) is 11.5 Å². The number of para-hydroxylation sites is 1. The summed E-state index contributed by atoms with van der Waals surface area (Å²) >= 11 is 3.28. The van der Waals surface area contributed by atoms with Crippen LogP contribution in [0.3, 0.4) is 0 Å². The highest BCUT2D eigenvalue weighted by Gasteiger charge is 2.54. The Labute approximate surface area is 311 Å². The van der Waals surface area contributed by atoms with Crippen molar-refractivity contribution in [3.63, 3.8) is 0 Å². The molecule has 52 heavy (non-hydrogen) atoms. The number of fused-ring (bicyclic) bond motifs is 4. The van der Waals surface area contributed by atoms with E-state index in [1.807, 2.05) is 123 Å². The lowest BCUT2D eigenvalue weighted by Crippen LogP contribution is -2.46. The van der Waals surface area contributed by atoms with Gasteiger partial charge in [0.05, 0.1) is 15.5 Å². The van der Waals surface area contributed by atoms with E-state index in [9.17, 15) is 14.4 Å². The number of carbonyl (C=O) groups excluding carboxylic acids is 3. The summed E-state index contributed by atoms with van der Waals surface area (Å²) in [6.07, 6.45) is 1.88. The predicted molar refractivity (Wildman–Crippen MR) is 205 cm³/mol. The minimum atomic E-state index is -1.40. The molecule has 1 saturated heterocycles. The molecule has 2 aliphatic heterocycles. The van der Waals surface area contributed by atoms with E-state index in [1.54, 1.807) is 13.0 Å². The topological polar surface area (TPSA) is 78.9 Å². The normalized spacial score (nSPS) is 21.5. The van der Waals surface area contributed by atoms with E-state index in [0.717, 1.165) is 45.7 Å². The third-order valence-corrected chi connectivity index (χ3v) is 12.6. The molecule has 8 rings (SSSR count). The van der Waals surface area contributed by atoms with Crippen molar-refractivity contribution in [2.75, 3.05) is 5.75 Å². The molecule has 0 amide bonds. The Bertz CT molecular complexity index is 2280. The highest BCUT2D eigenvalue weighted by Crippen LogP contribution is 2.57. The number of benzene rings is 4. The molecule has 5 aromatic rings. The summed E-state index contributed by atoms with van der Waals surface area (Å²) < 4.78 is 19.9. The Hall–Kier alpha value is -4.92. The lowest BCUT2D eigenvalue weighted by Gasteiger charge is -2.44. The van der Waals surface area contributed by atoms with Gasteiger partial charge >= 0.3 is 11.9 Å². The molecule has 1 aliphatic carbocycles. The summed E-state index contributed by atoms with van der Waals surface area (Å²) in [6, 6.07) is 30.7. The van der Waals surface area contributed by atoms with E-state index in [4.69, 9.17) is 14.2 Å². The van der Waals surface area contributed by atoms with E-state index in [2.05, 4.69) is 12.6 Å². The highest BCUT2D eigenvalue weighted by molar-refractivity contribution is 8.00. The fraction of sp³-hybridized carbons (Fsp3) is 0.250. The molecule has 1 fully saturated rings. The van der Waals surface area contributed by atoms with Crippen molar-refractivity contribution in [3.8, 4) is 22.6 Å². The van der Waals surface area contributed by atoms with Crippen LogP contribution in [0.15, 0.2) is 115 Å². The summed E-state index contributed by atoms with van der Waals surface area (Å²) in [5.74, 6) is 1.27. The van der Waals surface area contributed by atoms with Crippen LogP contribution in [-0.4, -0.2) is 28.7 Å². The summed E-state index contributed by atoms with van der Waals surface area (Å²) in [4.78, 5) is 42.4. The second kappa shape index (κ2) is 12.6. The number of hydrogen-bond donors (Lipinski definition) is 0. The molecule has 3 unspecified atom stereocenters. The monoisotopic (exact) mass is 726 g/mol. The summed E-state index contributed by atoms with van der Waals surface area (Å²) in [6.45, 7) is 11.1. The Morgan fingerprint density at radius 3 is 2.17 bits per heavy atom. The molecular weight excluding hydrogens is 689 g/mol. The molecule has 0 radical (unpaired) electrons. The SMILES string of the molecule is C=C(C)C(=O)OC1(c2cccs2)c2ccccc2C(=O)c2ccc(-c3ccc4c(c3)C(OC(=O)C(C)(C)C)(C3CCCS3)c3ccccc3O4)cc21. The van der Waals surface area contributed by atoms with Crippen molar-refractivity contribution in [3.05, 3.63) is 153 Å². The van der Waals surface area contributed by atoms with Gasteiger partial charge in [0.2, 0.25) is 0 Å². The first-order chi connectivity index (χ1) is 24.9. The largest absolute Gasteiger partial charge is 0.456 e. The smallest absolute Gasteiger partial charge is 0.334 e. The van der Waals surface area contributed by atoms with Crippen LogP contribution in [0, 0.1) is 5.41 Å². The number of hydrogen-bond acceptors (Lipinski definition) is 8. The van der Waals surface area contributed by atoms with Crippen molar-refractivity contribution in [2.45, 2.75) is 57.0 Å². The van der Waals surface area contributed by atoms with Crippen molar-refractivity contribution in [2.24, 2.45) is 5.41 Å². The number of ether oxygens (including phenoxy) is 3. The summed E-state index contributed by atoms with van der Waals surface area (Å²) in [7, 11) is 0. The third kappa shape index (κ3) is 5.26. The molecule has 1 aromatic heterocycles. The van der Waals surface area contributed by atoms with Crippen LogP contribution in [0.1, 0.15) is 83.6 Å². The van der Waals surface area contributed by atoms with E-state index < -0.39 is 22.6 Å². The quantitative estimate of drug-likeness (QED) is 0.127. The van der Waals surface area contributed by atoms with E-state index in [1.165, 1.54) is 11.3 Å². The Balaban J connectivity index is 1.36. The molecule has 8 heteroatoms. The minimum Gasteiger partial charge on any atom is -0.456 e. The van der Waals surface area contributed by atoms with Gasteiger partial charge < -0.3 is 14.2 Å². The second-order valence-corrected chi connectivity index (χ2v) is 16.9. The predicted octanol–water partition coefficient (Wildman–Crippen LogP) is 10.2. The number of carbonyl (C=O) groups is 3. The molecule has 3 atom stereocenters. The molecule has 0 saturated carbocycles. The van der Waals surface area contributed by atoms with Crippen LogP contribution >= 0.6 is 23.1 Å². The van der Waals surface area contributed by atoms with E-state index >= 15 is 0 Å². The molecule has 0 spiro atoms. The molecule has 3 heterocycles. The zero-order chi connectivity index (χ0) is 36.4. The highest BCUT2D eigenvalue weighted by atomic mass is 32.2. The van der Waals surface area contributed by atoms with Gasteiger partial charge in [0, 0.05) is 39.0 Å². The van der Waals surface area contributed by atoms with Gasteiger partial charge in [-0.2, -0.15) is 11.8 Å². The van der Waals surface area contributed by atoms with Crippen LogP contribution in [0.25, 0.3) is 11.1 Å². The molecule has 4 aromatic carbocycles. The van der Waals surface area contributed by atoms with Crippen LogP contribution in [0.2, 0.25) is 0 Å². The van der Waals surface area contributed by atoms with Crippen molar-refractivity contribution in [1.82, 2.24) is 0 Å². The average molecular weight is 727 g/mol. The van der Waals surface area contributed by atoms with Gasteiger partial charge in [-0.25, -0.2) is 4.79 Å². The maximum Gasteiger partial charge on any atom is 0.334 e. The van der Waals surface area contributed by atoms with Crippen LogP contribution in [0.4, 0.5) is 0 Å². The second-order valence-electron chi connectivity index (χ2n) is 14.6. The van der Waals surface area contributed by atoms with Gasteiger partial charge in [0.25, 0.3) is 0 Å². The first-order valence-corrected chi connectivity index (χ1v) is 19.4. The van der Waals surface area contributed by atoms with Crippen molar-refractivity contribution < 1.29 is 28.6 Å². The molecular formula is C44H38O6S2. The summed E-state index contributed by atoms with van der Waals surface area (Å²) in [5.41, 5.74) is 2.35. The Kier molecular flexibility index (Phi) is 8.31. The number of rotatable bonds is 6. The zero-order valence-electron chi connectivity index (χ0n) is 29.5. The third-order valence-electron chi connectivity index (χ3n) is 10.1.